The van der Waals surface area contributed by atoms with E-state index in [-0.39, 0.29) is 5.91 Å². The van der Waals surface area contributed by atoms with Crippen LogP contribution in [0.3, 0.4) is 0 Å². The average Bonchev–Trinajstić information content (AvgIpc) is 3.18. The molecule has 5 heteroatoms. The van der Waals surface area contributed by atoms with E-state index in [1.54, 1.807) is 0 Å². The number of hydrogen-bond donors (Lipinski definition) is 3. The van der Waals surface area contributed by atoms with E-state index >= 15 is 0 Å². The number of aryl methyl sites for hydroxylation is 3. The van der Waals surface area contributed by atoms with Crippen LogP contribution in [0, 0.1) is 20.8 Å². The maximum atomic E-state index is 12.9. The van der Waals surface area contributed by atoms with Gasteiger partial charge in [-0.1, -0.05) is 53.6 Å². The highest BCUT2D eigenvalue weighted by Crippen LogP contribution is 2.19. The molecule has 0 aliphatic heterocycles. The van der Waals surface area contributed by atoms with Crippen LogP contribution in [0.4, 0.5) is 5.69 Å². The number of guanidine groups is 1. The lowest BCUT2D eigenvalue weighted by Crippen LogP contribution is -2.36. The number of carbonyl (C=O) groups excluding carboxylic acids is 1. The molecule has 1 heterocycles. The highest BCUT2D eigenvalue weighted by atomic mass is 16.1. The number of H-pyrrole nitrogens is 1. The van der Waals surface area contributed by atoms with Crippen LogP contribution in [0.2, 0.25) is 0 Å². The van der Waals surface area contributed by atoms with Gasteiger partial charge in [-0.25, -0.2) is 0 Å². The zero-order valence-electron chi connectivity index (χ0n) is 18.7. The summed E-state index contributed by atoms with van der Waals surface area (Å²) in [5.74, 6) is 0.264. The van der Waals surface area contributed by atoms with Crippen molar-refractivity contribution in [3.05, 3.63) is 101 Å². The molecular formula is C27H28N4O. The van der Waals surface area contributed by atoms with Crippen LogP contribution in [0.15, 0.2) is 77.9 Å². The minimum atomic E-state index is -0.184. The van der Waals surface area contributed by atoms with Crippen LogP contribution in [-0.2, 0) is 6.42 Å². The Morgan fingerprint density at radius 2 is 1.75 bits per heavy atom. The molecule has 4 rings (SSSR count). The average molecular weight is 425 g/mol. The molecule has 4 aromatic rings. The summed E-state index contributed by atoms with van der Waals surface area (Å²) < 4.78 is 0. The van der Waals surface area contributed by atoms with Crippen molar-refractivity contribution in [2.24, 2.45) is 4.99 Å². The third-order valence-corrected chi connectivity index (χ3v) is 5.47. The zero-order valence-corrected chi connectivity index (χ0v) is 18.7. The molecule has 0 aliphatic rings. The van der Waals surface area contributed by atoms with Crippen molar-refractivity contribution in [3.8, 4) is 0 Å². The molecule has 1 aromatic heterocycles. The fourth-order valence-corrected chi connectivity index (χ4v) is 3.78. The Hall–Kier alpha value is -3.86. The highest BCUT2D eigenvalue weighted by molar-refractivity contribution is 6.10. The third kappa shape index (κ3) is 5.06. The zero-order chi connectivity index (χ0) is 22.5. The maximum Gasteiger partial charge on any atom is 0.257 e. The van der Waals surface area contributed by atoms with E-state index in [9.17, 15) is 4.79 Å². The molecule has 0 unspecified atom stereocenters. The Morgan fingerprint density at radius 3 is 2.56 bits per heavy atom. The SMILES string of the molecule is Cc1cccc(C(=O)NC(=NCCc2c[nH]c3ccccc23)Nc2ccc(C)cc2C)c1. The van der Waals surface area contributed by atoms with Gasteiger partial charge in [-0.3, -0.25) is 15.1 Å². The molecule has 0 saturated carbocycles. The molecule has 5 nitrogen and oxygen atoms in total. The van der Waals surface area contributed by atoms with Crippen molar-refractivity contribution < 1.29 is 4.79 Å². The number of fused-ring (bicyclic) bond motifs is 1. The molecule has 0 spiro atoms. The molecule has 1 amide bonds. The summed E-state index contributed by atoms with van der Waals surface area (Å²) in [6.07, 6.45) is 2.80. The van der Waals surface area contributed by atoms with Crippen LogP contribution in [0.5, 0.6) is 0 Å². The number of benzene rings is 3. The van der Waals surface area contributed by atoms with Crippen LogP contribution in [-0.4, -0.2) is 23.4 Å². The molecular weight excluding hydrogens is 396 g/mol. The molecule has 3 aromatic carbocycles. The normalized spacial score (nSPS) is 11.5. The monoisotopic (exact) mass is 424 g/mol. The summed E-state index contributed by atoms with van der Waals surface area (Å²) in [7, 11) is 0. The van der Waals surface area contributed by atoms with E-state index in [0.717, 1.165) is 28.8 Å². The second-order valence-electron chi connectivity index (χ2n) is 8.11. The predicted molar refractivity (Wildman–Crippen MR) is 132 cm³/mol. The first-order valence-electron chi connectivity index (χ1n) is 10.8. The molecule has 0 radical (unpaired) electrons. The summed E-state index contributed by atoms with van der Waals surface area (Å²) in [5, 5.41) is 7.48. The van der Waals surface area contributed by atoms with E-state index in [0.29, 0.717) is 18.1 Å². The molecule has 0 bridgehead atoms. The minimum Gasteiger partial charge on any atom is -0.361 e. The standard InChI is InChI=1S/C27H28N4O/c1-18-7-6-8-21(16-18)26(32)31-27(30-24-12-11-19(2)15-20(24)3)28-14-13-22-17-29-25-10-5-4-9-23(22)25/h4-12,15-17,29H,13-14H2,1-3H3,(H2,28,30,31,32). The summed E-state index contributed by atoms with van der Waals surface area (Å²) in [4.78, 5) is 20.9. The number of aromatic nitrogens is 1. The van der Waals surface area contributed by atoms with E-state index in [1.165, 1.54) is 16.5 Å². The number of anilines is 1. The number of rotatable bonds is 5. The van der Waals surface area contributed by atoms with Crippen molar-refractivity contribution >= 4 is 28.5 Å². The number of nitrogens with one attached hydrogen (secondary N) is 3. The quantitative estimate of drug-likeness (QED) is 0.291. The van der Waals surface area contributed by atoms with E-state index in [2.05, 4.69) is 40.7 Å². The Balaban J connectivity index is 1.54. The summed E-state index contributed by atoms with van der Waals surface area (Å²) >= 11 is 0. The van der Waals surface area contributed by atoms with Gasteiger partial charge in [0.1, 0.15) is 0 Å². The first-order valence-corrected chi connectivity index (χ1v) is 10.8. The largest absolute Gasteiger partial charge is 0.361 e. The van der Waals surface area contributed by atoms with Gasteiger partial charge in [0.2, 0.25) is 5.96 Å². The van der Waals surface area contributed by atoms with Crippen molar-refractivity contribution in [3.63, 3.8) is 0 Å². The summed E-state index contributed by atoms with van der Waals surface area (Å²) in [6.45, 7) is 6.62. The van der Waals surface area contributed by atoms with Crippen LogP contribution in [0.1, 0.15) is 32.6 Å². The highest BCUT2D eigenvalue weighted by Gasteiger charge is 2.11. The maximum absolute atomic E-state index is 12.9. The number of amides is 1. The lowest BCUT2D eigenvalue weighted by molar-refractivity contribution is 0.0977. The number of nitrogens with zero attached hydrogens (tertiary/aromatic N) is 1. The Kier molecular flexibility index (Phi) is 6.36. The van der Waals surface area contributed by atoms with Gasteiger partial charge < -0.3 is 10.3 Å². The number of aromatic amines is 1. The van der Waals surface area contributed by atoms with Crippen LogP contribution >= 0.6 is 0 Å². The lowest BCUT2D eigenvalue weighted by atomic mass is 10.1. The Labute approximate surface area is 188 Å². The smallest absolute Gasteiger partial charge is 0.257 e. The second-order valence-corrected chi connectivity index (χ2v) is 8.11. The van der Waals surface area contributed by atoms with Gasteiger partial charge >= 0.3 is 0 Å². The molecule has 32 heavy (non-hydrogen) atoms. The molecule has 0 saturated heterocycles. The summed E-state index contributed by atoms with van der Waals surface area (Å²) in [5.41, 5.74) is 7.18. The Morgan fingerprint density at radius 1 is 0.938 bits per heavy atom. The van der Waals surface area contributed by atoms with Crippen molar-refractivity contribution in [2.75, 3.05) is 11.9 Å². The van der Waals surface area contributed by atoms with Crippen molar-refractivity contribution in [1.29, 1.82) is 0 Å². The molecule has 3 N–H and O–H groups in total. The van der Waals surface area contributed by atoms with Crippen LogP contribution in [0.25, 0.3) is 10.9 Å². The number of carbonyl (C=O) groups is 1. The van der Waals surface area contributed by atoms with Crippen molar-refractivity contribution in [1.82, 2.24) is 10.3 Å². The third-order valence-electron chi connectivity index (χ3n) is 5.47. The summed E-state index contributed by atoms with van der Waals surface area (Å²) in [6, 6.07) is 21.9. The van der Waals surface area contributed by atoms with Gasteiger partial charge in [-0.05, 0) is 62.6 Å². The van der Waals surface area contributed by atoms with Gasteiger partial charge in [0.15, 0.2) is 0 Å². The minimum absolute atomic E-state index is 0.184. The molecule has 0 atom stereocenters. The first kappa shape index (κ1) is 21.4. The topological polar surface area (TPSA) is 69.3 Å². The number of aliphatic imine (C=N–C) groups is 1. The number of hydrogen-bond acceptors (Lipinski definition) is 2. The van der Waals surface area contributed by atoms with E-state index < -0.39 is 0 Å². The van der Waals surface area contributed by atoms with Crippen molar-refractivity contribution in [2.45, 2.75) is 27.2 Å². The van der Waals surface area contributed by atoms with Gasteiger partial charge in [-0.2, -0.15) is 0 Å². The van der Waals surface area contributed by atoms with E-state index in [1.807, 2.05) is 68.6 Å². The predicted octanol–water partition coefficient (Wildman–Crippen LogP) is 5.53. The van der Waals surface area contributed by atoms with Gasteiger partial charge in [0.25, 0.3) is 5.91 Å². The fourth-order valence-electron chi connectivity index (χ4n) is 3.78. The van der Waals surface area contributed by atoms with E-state index in [4.69, 9.17) is 4.99 Å². The Bertz CT molecular complexity index is 1290. The van der Waals surface area contributed by atoms with Crippen LogP contribution < -0.4 is 10.6 Å². The van der Waals surface area contributed by atoms with Gasteiger partial charge in [0, 0.05) is 34.9 Å². The number of para-hydroxylation sites is 1. The fraction of sp³-hybridized carbons (Fsp3) is 0.185. The lowest BCUT2D eigenvalue weighted by Gasteiger charge is -2.14. The second kappa shape index (κ2) is 9.52. The molecule has 0 aliphatic carbocycles. The van der Waals surface area contributed by atoms with Gasteiger partial charge in [-0.15, -0.1) is 0 Å². The first-order chi connectivity index (χ1) is 15.5. The molecule has 162 valence electrons. The molecule has 0 fully saturated rings. The van der Waals surface area contributed by atoms with Gasteiger partial charge in [0.05, 0.1) is 0 Å².